The number of likely N-dealkylation sites (tertiary alicyclic amines) is 1. The molecule has 0 aliphatic carbocycles. The van der Waals surface area contributed by atoms with Crippen molar-refractivity contribution in [3.63, 3.8) is 0 Å². The number of hydrogen-bond acceptors (Lipinski definition) is 4. The summed E-state index contributed by atoms with van der Waals surface area (Å²) in [5, 5.41) is 1.94. The molecule has 0 saturated carbocycles. The maximum atomic E-state index is 12.9. The highest BCUT2D eigenvalue weighted by Gasteiger charge is 2.32. The molecule has 3 nitrogen and oxygen atoms in total. The molecule has 3 rings (SSSR count). The van der Waals surface area contributed by atoms with Crippen molar-refractivity contribution in [1.29, 1.82) is 0 Å². The van der Waals surface area contributed by atoms with Gasteiger partial charge in [-0.05, 0) is 55.5 Å². The summed E-state index contributed by atoms with van der Waals surface area (Å²) in [7, 11) is 0. The fraction of sp³-hybridized carbons (Fsp3) is 0.400. The number of hydrogen-bond donors (Lipinski definition) is 0. The lowest BCUT2D eigenvalue weighted by Crippen LogP contribution is -2.38. The first-order chi connectivity index (χ1) is 12.7. The van der Waals surface area contributed by atoms with Crippen molar-refractivity contribution in [2.75, 3.05) is 13.1 Å². The smallest absolute Gasteiger partial charge is 0.298 e. The van der Waals surface area contributed by atoms with E-state index in [1.807, 2.05) is 11.4 Å². The van der Waals surface area contributed by atoms with Crippen LogP contribution < -0.4 is 0 Å². The lowest BCUT2D eigenvalue weighted by molar-refractivity contribution is -0.137. The Kier molecular flexibility index (Phi) is 5.81. The second kappa shape index (κ2) is 7.94. The van der Waals surface area contributed by atoms with Gasteiger partial charge in [0.15, 0.2) is 11.6 Å². The molecular formula is C20H20F3NO2S. The van der Waals surface area contributed by atoms with E-state index in [1.54, 1.807) is 0 Å². The van der Waals surface area contributed by atoms with Crippen LogP contribution in [-0.4, -0.2) is 29.6 Å². The van der Waals surface area contributed by atoms with Crippen LogP contribution in [0.1, 0.15) is 50.9 Å². The molecule has 0 amide bonds. The van der Waals surface area contributed by atoms with Crippen LogP contribution in [-0.2, 0) is 12.7 Å². The zero-order valence-corrected chi connectivity index (χ0v) is 15.7. The minimum atomic E-state index is -4.46. The van der Waals surface area contributed by atoms with Gasteiger partial charge >= 0.3 is 6.18 Å². The van der Waals surface area contributed by atoms with Gasteiger partial charge in [-0.1, -0.05) is 12.1 Å². The lowest BCUT2D eigenvalue weighted by atomic mass is 9.89. The lowest BCUT2D eigenvalue weighted by Gasteiger charge is -2.31. The Balaban J connectivity index is 1.68. The highest BCUT2D eigenvalue weighted by Crippen LogP contribution is 2.31. The predicted octanol–water partition coefficient (Wildman–Crippen LogP) is 5.06. The van der Waals surface area contributed by atoms with E-state index in [0.29, 0.717) is 24.4 Å². The Morgan fingerprint density at radius 1 is 1.26 bits per heavy atom. The fourth-order valence-corrected chi connectivity index (χ4v) is 4.21. The number of alkyl halides is 3. The maximum absolute atomic E-state index is 12.9. The van der Waals surface area contributed by atoms with E-state index in [-0.39, 0.29) is 23.0 Å². The van der Waals surface area contributed by atoms with Crippen LogP contribution >= 0.6 is 11.3 Å². The van der Waals surface area contributed by atoms with Crippen molar-refractivity contribution in [2.24, 2.45) is 5.92 Å². The van der Waals surface area contributed by atoms with Gasteiger partial charge in [0.05, 0.1) is 10.4 Å². The molecule has 1 aliphatic heterocycles. The number of carbonyl (C=O) groups excluding carboxylic acids is 2. The Morgan fingerprint density at radius 3 is 2.70 bits per heavy atom. The predicted molar refractivity (Wildman–Crippen MR) is 98.1 cm³/mol. The second-order valence-electron chi connectivity index (χ2n) is 6.89. The summed E-state index contributed by atoms with van der Waals surface area (Å²) in [4.78, 5) is 27.0. The van der Waals surface area contributed by atoms with Gasteiger partial charge in [0.2, 0.25) is 0 Å². The third kappa shape index (κ3) is 4.84. The molecule has 2 heterocycles. The number of rotatable bonds is 5. The summed E-state index contributed by atoms with van der Waals surface area (Å²) < 4.78 is 38.7. The van der Waals surface area contributed by atoms with Gasteiger partial charge in [0, 0.05) is 24.6 Å². The zero-order valence-electron chi connectivity index (χ0n) is 14.9. The summed E-state index contributed by atoms with van der Waals surface area (Å²) in [6.07, 6.45) is -2.96. The Morgan fingerprint density at radius 2 is 2.04 bits per heavy atom. The molecule has 2 aromatic rings. The molecule has 1 saturated heterocycles. The molecule has 27 heavy (non-hydrogen) atoms. The number of Topliss-reactive ketones (excluding diaryl/α,β-unsaturated/α-hetero) is 2. The quantitative estimate of drug-likeness (QED) is 0.664. The van der Waals surface area contributed by atoms with E-state index in [2.05, 4.69) is 4.90 Å². The minimum absolute atomic E-state index is 0.0301. The van der Waals surface area contributed by atoms with Crippen LogP contribution in [0.15, 0.2) is 35.7 Å². The van der Waals surface area contributed by atoms with Crippen LogP contribution in [0, 0.1) is 5.92 Å². The van der Waals surface area contributed by atoms with E-state index < -0.39 is 11.7 Å². The highest BCUT2D eigenvalue weighted by molar-refractivity contribution is 7.12. The van der Waals surface area contributed by atoms with E-state index in [9.17, 15) is 22.8 Å². The normalized spacial score (nSPS) is 18.4. The number of benzene rings is 1. The average Bonchev–Trinajstić information content (AvgIpc) is 3.09. The molecule has 0 bridgehead atoms. The monoisotopic (exact) mass is 395 g/mol. The third-order valence-corrected chi connectivity index (χ3v) is 5.84. The van der Waals surface area contributed by atoms with Crippen LogP contribution in [0.2, 0.25) is 0 Å². The van der Waals surface area contributed by atoms with Crippen LogP contribution in [0.5, 0.6) is 0 Å². The minimum Gasteiger partial charge on any atom is -0.298 e. The summed E-state index contributed by atoms with van der Waals surface area (Å²) in [5.41, 5.74) is 0.347. The van der Waals surface area contributed by atoms with Crippen molar-refractivity contribution in [3.05, 3.63) is 57.3 Å². The maximum Gasteiger partial charge on any atom is 0.416 e. The van der Waals surface area contributed by atoms with Crippen molar-refractivity contribution >= 4 is 22.9 Å². The number of thiophene rings is 1. The van der Waals surface area contributed by atoms with Crippen LogP contribution in [0.25, 0.3) is 0 Å². The first kappa shape index (κ1) is 19.8. The summed E-state index contributed by atoms with van der Waals surface area (Å²) in [5.74, 6) is -0.517. The number of halogens is 3. The molecule has 0 unspecified atom stereocenters. The fourth-order valence-electron chi connectivity index (χ4n) is 3.40. The first-order valence-electron chi connectivity index (χ1n) is 8.76. The van der Waals surface area contributed by atoms with E-state index in [4.69, 9.17) is 0 Å². The Bertz CT molecular complexity index is 844. The van der Waals surface area contributed by atoms with Crippen LogP contribution in [0.4, 0.5) is 13.2 Å². The van der Waals surface area contributed by atoms with E-state index in [1.165, 1.54) is 30.4 Å². The molecule has 0 spiro atoms. The molecule has 1 aliphatic rings. The van der Waals surface area contributed by atoms with Gasteiger partial charge in [0.25, 0.3) is 0 Å². The van der Waals surface area contributed by atoms with Gasteiger partial charge in [-0.25, -0.2) is 0 Å². The molecule has 144 valence electrons. The van der Waals surface area contributed by atoms with Crippen molar-refractivity contribution in [1.82, 2.24) is 4.90 Å². The third-order valence-electron chi connectivity index (χ3n) is 4.76. The number of piperidine rings is 1. The van der Waals surface area contributed by atoms with Gasteiger partial charge in [-0.2, -0.15) is 13.2 Å². The van der Waals surface area contributed by atoms with Gasteiger partial charge in [-0.15, -0.1) is 11.3 Å². The van der Waals surface area contributed by atoms with Crippen LogP contribution in [0.3, 0.4) is 0 Å². The van der Waals surface area contributed by atoms with Gasteiger partial charge in [0.1, 0.15) is 0 Å². The van der Waals surface area contributed by atoms with Crippen molar-refractivity contribution in [2.45, 2.75) is 32.5 Å². The van der Waals surface area contributed by atoms with E-state index in [0.717, 1.165) is 30.7 Å². The average molecular weight is 395 g/mol. The van der Waals surface area contributed by atoms with Crippen molar-refractivity contribution in [3.8, 4) is 0 Å². The molecule has 1 fully saturated rings. The second-order valence-corrected chi connectivity index (χ2v) is 7.80. The van der Waals surface area contributed by atoms with E-state index >= 15 is 0 Å². The topological polar surface area (TPSA) is 37.4 Å². The summed E-state index contributed by atoms with van der Waals surface area (Å²) in [6.45, 7) is 3.51. The Labute approximate surface area is 159 Å². The molecule has 1 atom stereocenters. The molecule has 0 N–H and O–H groups in total. The number of nitrogens with zero attached hydrogens (tertiary/aromatic N) is 1. The molecule has 1 aromatic carbocycles. The van der Waals surface area contributed by atoms with Crippen molar-refractivity contribution < 1.29 is 22.8 Å². The highest BCUT2D eigenvalue weighted by atomic mass is 32.1. The summed E-state index contributed by atoms with van der Waals surface area (Å²) >= 11 is 1.40. The number of ketones is 2. The molecular weight excluding hydrogens is 375 g/mol. The Hall–Kier alpha value is -1.99. The molecule has 7 heteroatoms. The SMILES string of the molecule is CC(=O)c1cc(CN2CCC[C@@H](C(=O)c3cccc(C(F)(F)F)c3)C2)cs1. The summed E-state index contributed by atoms with van der Waals surface area (Å²) in [6, 6.07) is 6.53. The molecule has 0 radical (unpaired) electrons. The number of carbonyl (C=O) groups is 2. The standard InChI is InChI=1S/C20H20F3NO2S/c1-13(25)18-8-14(12-27-18)10-24-7-3-5-16(11-24)19(26)15-4-2-6-17(9-15)20(21,22)23/h2,4,6,8-9,12,16H,3,5,7,10-11H2,1H3/t16-/m1/s1. The first-order valence-corrected chi connectivity index (χ1v) is 9.64. The largest absolute Gasteiger partial charge is 0.416 e. The zero-order chi connectivity index (χ0) is 19.6. The van der Waals surface area contributed by atoms with Gasteiger partial charge in [-0.3, -0.25) is 14.5 Å². The molecule has 1 aromatic heterocycles. The van der Waals surface area contributed by atoms with Gasteiger partial charge < -0.3 is 0 Å².